The van der Waals surface area contributed by atoms with Crippen molar-refractivity contribution < 1.29 is 13.9 Å². The van der Waals surface area contributed by atoms with E-state index in [-0.39, 0.29) is 11.9 Å². The van der Waals surface area contributed by atoms with Crippen molar-refractivity contribution in [2.75, 3.05) is 0 Å². The van der Waals surface area contributed by atoms with Gasteiger partial charge in [-0.05, 0) is 30.2 Å². The summed E-state index contributed by atoms with van der Waals surface area (Å²) >= 11 is 0. The Morgan fingerprint density at radius 3 is 1.86 bits per heavy atom. The van der Waals surface area contributed by atoms with Gasteiger partial charge in [0.1, 0.15) is 5.92 Å². The summed E-state index contributed by atoms with van der Waals surface area (Å²) < 4.78 is 11.4. The predicted octanol–water partition coefficient (Wildman–Crippen LogP) is 5.17. The van der Waals surface area contributed by atoms with Crippen LogP contribution in [-0.4, -0.2) is 16.2 Å². The minimum absolute atomic E-state index is 0.261. The minimum atomic E-state index is -0.664. The van der Waals surface area contributed by atoms with Crippen LogP contribution in [0, 0.1) is 0 Å². The summed E-state index contributed by atoms with van der Waals surface area (Å²) in [5, 5.41) is 8.12. The third kappa shape index (κ3) is 4.24. The second kappa shape index (κ2) is 8.52. The molecule has 0 fully saturated rings. The number of esters is 1. The van der Waals surface area contributed by atoms with Gasteiger partial charge in [-0.15, -0.1) is 10.2 Å². The Balaban J connectivity index is 1.56. The molecule has 0 aliphatic rings. The molecule has 0 aliphatic carbocycles. The number of rotatable bonds is 6. The van der Waals surface area contributed by atoms with Crippen LogP contribution in [0.3, 0.4) is 0 Å². The van der Waals surface area contributed by atoms with E-state index >= 15 is 0 Å². The van der Waals surface area contributed by atoms with Crippen molar-refractivity contribution in [3.05, 3.63) is 108 Å². The summed E-state index contributed by atoms with van der Waals surface area (Å²) in [5.74, 6) is -0.242. The molecular weight excluding hydrogens is 364 g/mol. The molecule has 0 unspecified atom stereocenters. The van der Waals surface area contributed by atoms with Crippen molar-refractivity contribution in [3.8, 4) is 11.5 Å². The number of carbonyl (C=O) groups is 1. The molecular formula is C24H20N2O3. The molecule has 0 bridgehead atoms. The molecule has 5 heteroatoms. The van der Waals surface area contributed by atoms with E-state index < -0.39 is 12.0 Å². The molecule has 5 nitrogen and oxygen atoms in total. The second-order valence-electron chi connectivity index (χ2n) is 6.64. The van der Waals surface area contributed by atoms with Crippen LogP contribution in [0.15, 0.2) is 95.4 Å². The first-order valence-electron chi connectivity index (χ1n) is 9.41. The fourth-order valence-corrected chi connectivity index (χ4v) is 3.14. The van der Waals surface area contributed by atoms with Gasteiger partial charge in [0.2, 0.25) is 5.89 Å². The van der Waals surface area contributed by atoms with Crippen molar-refractivity contribution in [1.29, 1.82) is 0 Å². The van der Waals surface area contributed by atoms with E-state index in [4.69, 9.17) is 9.15 Å². The maximum atomic E-state index is 13.1. The molecule has 0 amide bonds. The molecule has 1 atom stereocenters. The molecule has 0 aliphatic heterocycles. The van der Waals surface area contributed by atoms with E-state index in [0.29, 0.717) is 5.89 Å². The largest absolute Gasteiger partial charge is 0.452 e. The zero-order chi connectivity index (χ0) is 20.1. The Morgan fingerprint density at radius 1 is 0.793 bits per heavy atom. The van der Waals surface area contributed by atoms with Gasteiger partial charge in [-0.3, -0.25) is 4.79 Å². The average molecular weight is 384 g/mol. The standard InChI is InChI=1S/C24H20N2O3/c1-17(22-25-26-23(29-22)20-15-9-4-10-16-20)28-24(27)21(18-11-5-2-6-12-18)19-13-7-3-8-14-19/h2-17,21H,1H3/t17-/m1/s1. The first kappa shape index (κ1) is 18.6. The quantitative estimate of drug-likeness (QED) is 0.429. The Morgan fingerprint density at radius 2 is 1.31 bits per heavy atom. The van der Waals surface area contributed by atoms with Gasteiger partial charge in [0, 0.05) is 5.56 Å². The van der Waals surface area contributed by atoms with Crippen molar-refractivity contribution in [3.63, 3.8) is 0 Å². The maximum absolute atomic E-state index is 13.1. The van der Waals surface area contributed by atoms with E-state index in [1.165, 1.54) is 0 Å². The van der Waals surface area contributed by atoms with Crippen LogP contribution >= 0.6 is 0 Å². The Hall–Kier alpha value is -3.73. The highest BCUT2D eigenvalue weighted by molar-refractivity contribution is 5.82. The van der Waals surface area contributed by atoms with Crippen LogP contribution in [0.1, 0.15) is 36.0 Å². The summed E-state index contributed by atoms with van der Waals surface area (Å²) in [7, 11) is 0. The zero-order valence-corrected chi connectivity index (χ0v) is 15.9. The molecule has 4 rings (SSSR count). The average Bonchev–Trinajstić information content (AvgIpc) is 3.27. The SMILES string of the molecule is C[C@@H](OC(=O)C(c1ccccc1)c1ccccc1)c1nnc(-c2ccccc2)o1. The lowest BCUT2D eigenvalue weighted by Gasteiger charge is -2.19. The van der Waals surface area contributed by atoms with Crippen molar-refractivity contribution >= 4 is 5.97 Å². The maximum Gasteiger partial charge on any atom is 0.318 e. The molecule has 144 valence electrons. The number of hydrogen-bond donors (Lipinski definition) is 0. The number of carbonyl (C=O) groups excluding carboxylic acids is 1. The molecule has 0 radical (unpaired) electrons. The van der Waals surface area contributed by atoms with Gasteiger partial charge in [-0.2, -0.15) is 0 Å². The Kier molecular flexibility index (Phi) is 5.47. The zero-order valence-electron chi connectivity index (χ0n) is 15.9. The van der Waals surface area contributed by atoms with Gasteiger partial charge in [0.15, 0.2) is 6.10 Å². The first-order valence-corrected chi connectivity index (χ1v) is 9.41. The van der Waals surface area contributed by atoms with Crippen LogP contribution in [-0.2, 0) is 9.53 Å². The number of hydrogen-bond acceptors (Lipinski definition) is 5. The van der Waals surface area contributed by atoms with Crippen LogP contribution in [0.2, 0.25) is 0 Å². The summed E-state index contributed by atoms with van der Waals surface area (Å²) in [5.41, 5.74) is 2.55. The van der Waals surface area contributed by atoms with Gasteiger partial charge in [-0.25, -0.2) is 0 Å². The Labute approximate surface area is 169 Å². The highest BCUT2D eigenvalue weighted by Crippen LogP contribution is 2.29. The van der Waals surface area contributed by atoms with Gasteiger partial charge in [-0.1, -0.05) is 78.9 Å². The lowest BCUT2D eigenvalue weighted by molar-refractivity contribution is -0.150. The van der Waals surface area contributed by atoms with Crippen molar-refractivity contribution in [1.82, 2.24) is 10.2 Å². The number of nitrogens with zero attached hydrogens (tertiary/aromatic N) is 2. The van der Waals surface area contributed by atoms with E-state index in [0.717, 1.165) is 16.7 Å². The smallest absolute Gasteiger partial charge is 0.318 e. The van der Waals surface area contributed by atoms with Gasteiger partial charge in [0.25, 0.3) is 5.89 Å². The van der Waals surface area contributed by atoms with Crippen molar-refractivity contribution in [2.24, 2.45) is 0 Å². The fraction of sp³-hybridized carbons (Fsp3) is 0.125. The molecule has 0 saturated heterocycles. The van der Waals surface area contributed by atoms with Crippen LogP contribution in [0.4, 0.5) is 0 Å². The predicted molar refractivity (Wildman–Crippen MR) is 109 cm³/mol. The summed E-state index contributed by atoms with van der Waals surface area (Å²) in [6, 6.07) is 28.6. The van der Waals surface area contributed by atoms with E-state index in [9.17, 15) is 4.79 Å². The summed E-state index contributed by atoms with van der Waals surface area (Å²) in [4.78, 5) is 13.1. The first-order chi connectivity index (χ1) is 14.2. The minimum Gasteiger partial charge on any atom is -0.452 e. The Bertz CT molecular complexity index is 1020. The highest BCUT2D eigenvalue weighted by atomic mass is 16.6. The molecule has 0 saturated carbocycles. The van der Waals surface area contributed by atoms with Gasteiger partial charge < -0.3 is 9.15 Å². The van der Waals surface area contributed by atoms with Gasteiger partial charge >= 0.3 is 5.97 Å². The number of benzene rings is 3. The summed E-state index contributed by atoms with van der Waals surface area (Å²) in [6.07, 6.45) is -0.664. The van der Waals surface area contributed by atoms with E-state index in [1.54, 1.807) is 6.92 Å². The van der Waals surface area contributed by atoms with Gasteiger partial charge in [0.05, 0.1) is 0 Å². The lowest BCUT2D eigenvalue weighted by atomic mass is 9.91. The third-order valence-electron chi connectivity index (χ3n) is 4.60. The number of ether oxygens (including phenoxy) is 1. The number of aromatic nitrogens is 2. The molecule has 1 heterocycles. The van der Waals surface area contributed by atoms with Crippen molar-refractivity contribution in [2.45, 2.75) is 18.9 Å². The topological polar surface area (TPSA) is 65.2 Å². The van der Waals surface area contributed by atoms with Crippen LogP contribution < -0.4 is 0 Å². The highest BCUT2D eigenvalue weighted by Gasteiger charge is 2.28. The summed E-state index contributed by atoms with van der Waals surface area (Å²) in [6.45, 7) is 1.73. The lowest BCUT2D eigenvalue weighted by Crippen LogP contribution is -2.19. The monoisotopic (exact) mass is 384 g/mol. The molecule has 29 heavy (non-hydrogen) atoms. The molecule has 3 aromatic carbocycles. The fourth-order valence-electron chi connectivity index (χ4n) is 3.14. The van der Waals surface area contributed by atoms with E-state index in [2.05, 4.69) is 10.2 Å². The second-order valence-corrected chi connectivity index (χ2v) is 6.64. The molecule has 0 spiro atoms. The van der Waals surface area contributed by atoms with Crippen LogP contribution in [0.25, 0.3) is 11.5 Å². The van der Waals surface area contributed by atoms with E-state index in [1.807, 2.05) is 91.0 Å². The molecule has 1 aromatic heterocycles. The third-order valence-corrected chi connectivity index (χ3v) is 4.60. The molecule has 4 aromatic rings. The molecule has 0 N–H and O–H groups in total. The van der Waals surface area contributed by atoms with Crippen LogP contribution in [0.5, 0.6) is 0 Å². The normalized spacial score (nSPS) is 11.9.